The van der Waals surface area contributed by atoms with Crippen LogP contribution >= 0.6 is 11.9 Å². The second kappa shape index (κ2) is 9.15. The number of hydrogen-bond donors (Lipinski definition) is 2. The Morgan fingerprint density at radius 2 is 1.84 bits per heavy atom. The highest BCUT2D eigenvalue weighted by Crippen LogP contribution is 2.40. The van der Waals surface area contributed by atoms with Gasteiger partial charge in [0.2, 0.25) is 5.91 Å². The van der Waals surface area contributed by atoms with E-state index in [-0.39, 0.29) is 18.6 Å². The summed E-state index contributed by atoms with van der Waals surface area (Å²) >= 11 is 1.46. The number of alkyl halides is 1. The van der Waals surface area contributed by atoms with Gasteiger partial charge in [0.1, 0.15) is 6.67 Å². The lowest BCUT2D eigenvalue weighted by Gasteiger charge is -2.37. The third-order valence-corrected chi connectivity index (χ3v) is 7.00. The minimum atomic E-state index is -0.393. The Labute approximate surface area is 192 Å². The minimum Gasteiger partial charge on any atom is -0.367 e. The zero-order chi connectivity index (χ0) is 22.9. The molecule has 32 heavy (non-hydrogen) atoms. The quantitative estimate of drug-likeness (QED) is 0.645. The maximum Gasteiger partial charge on any atom is 0.319 e. The molecule has 1 heterocycles. The number of nitrogens with zero attached hydrogens (tertiary/aromatic N) is 3. The summed E-state index contributed by atoms with van der Waals surface area (Å²) in [6.45, 7) is 3.91. The lowest BCUT2D eigenvalue weighted by Crippen LogP contribution is -2.51. The molecule has 0 atom stereocenters. The van der Waals surface area contributed by atoms with Gasteiger partial charge in [0.25, 0.3) is 0 Å². The Bertz CT molecular complexity index is 1020. The van der Waals surface area contributed by atoms with Crippen LogP contribution in [-0.2, 0) is 4.79 Å². The predicted molar refractivity (Wildman–Crippen MR) is 128 cm³/mol. The van der Waals surface area contributed by atoms with E-state index in [1.54, 1.807) is 19.0 Å². The van der Waals surface area contributed by atoms with Crippen LogP contribution in [0.4, 0.5) is 20.6 Å². The molecule has 2 N–H and O–H groups in total. The van der Waals surface area contributed by atoms with Crippen LogP contribution in [0, 0.1) is 0 Å². The van der Waals surface area contributed by atoms with Crippen molar-refractivity contribution in [2.45, 2.75) is 30.2 Å². The van der Waals surface area contributed by atoms with Crippen molar-refractivity contribution < 1.29 is 14.0 Å². The molecule has 172 valence electrons. The number of piperazine rings is 1. The van der Waals surface area contributed by atoms with Gasteiger partial charge in [0.05, 0.1) is 5.54 Å². The van der Waals surface area contributed by atoms with E-state index in [1.165, 1.54) is 18.9 Å². The van der Waals surface area contributed by atoms with Gasteiger partial charge < -0.3 is 20.0 Å². The molecule has 1 aliphatic heterocycles. The Morgan fingerprint density at radius 3 is 2.44 bits per heavy atom. The van der Waals surface area contributed by atoms with Crippen LogP contribution in [0.3, 0.4) is 0 Å². The molecule has 0 unspecified atom stereocenters. The summed E-state index contributed by atoms with van der Waals surface area (Å²) < 4.78 is 16.6. The average molecular weight is 460 g/mol. The first-order valence-corrected chi connectivity index (χ1v) is 11.7. The Kier molecular flexibility index (Phi) is 6.48. The van der Waals surface area contributed by atoms with Gasteiger partial charge in [-0.25, -0.2) is 9.18 Å². The van der Waals surface area contributed by atoms with Crippen LogP contribution in [-0.4, -0.2) is 74.2 Å². The molecule has 2 fully saturated rings. The van der Waals surface area contributed by atoms with Gasteiger partial charge in [-0.1, -0.05) is 6.07 Å². The molecule has 2 aromatic rings. The molecule has 9 heteroatoms. The Morgan fingerprint density at radius 1 is 1.12 bits per heavy atom. The topological polar surface area (TPSA) is 67.9 Å². The first-order chi connectivity index (χ1) is 15.3. The van der Waals surface area contributed by atoms with Crippen LogP contribution in [0.1, 0.15) is 19.8 Å². The molecule has 0 radical (unpaired) electrons. The number of benzene rings is 2. The van der Waals surface area contributed by atoms with Gasteiger partial charge in [-0.15, -0.1) is 0 Å². The fraction of sp³-hybridized carbons (Fsp3) is 0.478. The Hall–Kier alpha value is -2.52. The van der Waals surface area contributed by atoms with E-state index in [1.807, 2.05) is 23.1 Å². The number of hydrogen-bond acceptors (Lipinski definition) is 5. The third kappa shape index (κ3) is 4.94. The van der Waals surface area contributed by atoms with Crippen LogP contribution in [0.15, 0.2) is 35.2 Å². The van der Waals surface area contributed by atoms with Crippen LogP contribution in [0.5, 0.6) is 0 Å². The largest absolute Gasteiger partial charge is 0.367 e. The number of rotatable bonds is 6. The fourth-order valence-electron chi connectivity index (χ4n) is 3.93. The number of amides is 3. The number of carbonyl (C=O) groups is 2. The number of carbonyl (C=O) groups excluding carboxylic acids is 2. The van der Waals surface area contributed by atoms with Crippen molar-refractivity contribution in [2.75, 3.05) is 57.2 Å². The second-order valence-corrected chi connectivity index (χ2v) is 9.71. The summed E-state index contributed by atoms with van der Waals surface area (Å²) in [7, 11) is 3.54. The van der Waals surface area contributed by atoms with E-state index >= 15 is 0 Å². The average Bonchev–Trinajstić information content (AvgIpc) is 3.56. The van der Waals surface area contributed by atoms with Crippen molar-refractivity contribution in [1.82, 2.24) is 14.5 Å². The maximum atomic E-state index is 13.3. The molecule has 4 rings (SSSR count). The molecule has 3 amide bonds. The van der Waals surface area contributed by atoms with Gasteiger partial charge in [-0.05, 0) is 54.4 Å². The van der Waals surface area contributed by atoms with Crippen molar-refractivity contribution in [2.24, 2.45) is 0 Å². The van der Waals surface area contributed by atoms with Crippen molar-refractivity contribution in [3.05, 3.63) is 30.3 Å². The molecule has 2 aliphatic rings. The molecule has 1 saturated carbocycles. The van der Waals surface area contributed by atoms with E-state index in [9.17, 15) is 14.0 Å². The lowest BCUT2D eigenvalue weighted by molar-refractivity contribution is -0.114. The number of halogens is 1. The first-order valence-electron chi connectivity index (χ1n) is 10.9. The molecular weight excluding hydrogens is 429 g/mol. The highest BCUT2D eigenvalue weighted by Gasteiger charge is 2.42. The molecule has 0 aromatic heterocycles. The molecular formula is C23H30FN5O2S. The van der Waals surface area contributed by atoms with Crippen molar-refractivity contribution in [3.63, 3.8) is 0 Å². The summed E-state index contributed by atoms with van der Waals surface area (Å²) in [6, 6.07) is 10.1. The van der Waals surface area contributed by atoms with E-state index in [4.69, 9.17) is 0 Å². The van der Waals surface area contributed by atoms with Crippen molar-refractivity contribution >= 4 is 46.0 Å². The predicted octanol–water partition coefficient (Wildman–Crippen LogP) is 3.70. The number of nitrogens with one attached hydrogen (secondary N) is 2. The highest BCUT2D eigenvalue weighted by molar-refractivity contribution is 7.97. The van der Waals surface area contributed by atoms with Gasteiger partial charge in [-0.3, -0.25) is 9.52 Å². The smallest absolute Gasteiger partial charge is 0.319 e. The van der Waals surface area contributed by atoms with Crippen LogP contribution in [0.2, 0.25) is 0 Å². The normalized spacial score (nSPS) is 17.4. The zero-order valence-corrected chi connectivity index (χ0v) is 19.6. The minimum absolute atomic E-state index is 0.0314. The zero-order valence-electron chi connectivity index (χ0n) is 18.8. The molecule has 1 saturated heterocycles. The molecule has 0 spiro atoms. The van der Waals surface area contributed by atoms with E-state index < -0.39 is 5.54 Å². The van der Waals surface area contributed by atoms with E-state index in [2.05, 4.69) is 27.1 Å². The Balaban J connectivity index is 1.62. The number of fused-ring (bicyclic) bond motifs is 1. The van der Waals surface area contributed by atoms with E-state index in [0.29, 0.717) is 13.1 Å². The van der Waals surface area contributed by atoms with Gasteiger partial charge >= 0.3 is 6.03 Å². The van der Waals surface area contributed by atoms with Gasteiger partial charge in [0, 0.05) is 68.9 Å². The summed E-state index contributed by atoms with van der Waals surface area (Å²) in [5, 5.41) is 4.94. The molecule has 2 aromatic carbocycles. The monoisotopic (exact) mass is 459 g/mol. The summed E-state index contributed by atoms with van der Waals surface area (Å²) in [5.74, 6) is -0.114. The lowest BCUT2D eigenvalue weighted by atomic mass is 10.1. The van der Waals surface area contributed by atoms with Gasteiger partial charge in [0.15, 0.2) is 0 Å². The number of anilines is 2. The SMILES string of the molecule is CC(=O)Nc1ccc2c(N3CCN(C(=O)N(C)C)CC3)cc(SNC3(CF)CC3)cc2c1. The fourth-order valence-corrected chi connectivity index (χ4v) is 4.88. The van der Waals surface area contributed by atoms with Crippen molar-refractivity contribution in [3.8, 4) is 0 Å². The molecule has 0 bridgehead atoms. The second-order valence-electron chi connectivity index (χ2n) is 8.83. The standard InChI is InChI=1S/C23H30FN5O2S/c1-16(30)25-18-4-5-20-17(12-18)13-19(32-26-23(15-24)6-7-23)14-21(20)28-8-10-29(11-9-28)22(31)27(2)3/h4-5,12-14,26H,6-11,15H2,1-3H3,(H,25,30). The van der Waals surface area contributed by atoms with Crippen LogP contribution < -0.4 is 14.9 Å². The van der Waals surface area contributed by atoms with E-state index in [0.717, 1.165) is 53.0 Å². The first kappa shape index (κ1) is 22.7. The highest BCUT2D eigenvalue weighted by atomic mass is 32.2. The summed E-state index contributed by atoms with van der Waals surface area (Å²) in [6.07, 6.45) is 1.71. The summed E-state index contributed by atoms with van der Waals surface area (Å²) in [4.78, 5) is 30.6. The third-order valence-electron chi connectivity index (χ3n) is 5.99. The van der Waals surface area contributed by atoms with Crippen LogP contribution in [0.25, 0.3) is 10.8 Å². The van der Waals surface area contributed by atoms with Crippen molar-refractivity contribution in [1.29, 1.82) is 0 Å². The van der Waals surface area contributed by atoms with Gasteiger partial charge in [-0.2, -0.15) is 0 Å². The number of urea groups is 1. The summed E-state index contributed by atoms with van der Waals surface area (Å²) in [5.41, 5.74) is 1.44. The molecule has 7 nitrogen and oxygen atoms in total. The maximum absolute atomic E-state index is 13.3. The molecule has 1 aliphatic carbocycles.